The van der Waals surface area contributed by atoms with Gasteiger partial charge in [0.1, 0.15) is 5.69 Å². The molecular weight excluding hydrogens is 524 g/mol. The van der Waals surface area contributed by atoms with Crippen LogP contribution in [0.15, 0.2) is 59.5 Å². The third kappa shape index (κ3) is 6.06. The summed E-state index contributed by atoms with van der Waals surface area (Å²) in [5.74, 6) is 0.339. The van der Waals surface area contributed by atoms with Crippen molar-refractivity contribution < 1.29 is 13.2 Å². The predicted octanol–water partition coefficient (Wildman–Crippen LogP) is 4.21. The molecule has 202 valence electrons. The SMILES string of the molecule is Cc1cccc(CCS(=O)(=O)N2CCN(c3cnn(-c4cccc(Cl)c4)c(=O)c3OC3CCCC3)CC2)c1. The molecule has 1 aliphatic heterocycles. The quantitative estimate of drug-likeness (QED) is 0.413. The van der Waals surface area contributed by atoms with Crippen molar-refractivity contribution in [2.75, 3.05) is 36.8 Å². The zero-order valence-electron chi connectivity index (χ0n) is 21.6. The molecule has 0 atom stereocenters. The van der Waals surface area contributed by atoms with Crippen molar-refractivity contribution in [2.45, 2.75) is 45.1 Å². The van der Waals surface area contributed by atoms with E-state index in [0.717, 1.165) is 36.8 Å². The first kappa shape index (κ1) is 26.7. The maximum absolute atomic E-state index is 13.6. The van der Waals surface area contributed by atoms with Gasteiger partial charge in [0, 0.05) is 31.2 Å². The van der Waals surface area contributed by atoms with Gasteiger partial charge in [0.15, 0.2) is 0 Å². The number of aromatic nitrogens is 2. The van der Waals surface area contributed by atoms with Crippen LogP contribution in [-0.2, 0) is 16.4 Å². The van der Waals surface area contributed by atoms with Crippen molar-refractivity contribution in [3.05, 3.63) is 81.2 Å². The van der Waals surface area contributed by atoms with E-state index in [1.165, 1.54) is 4.68 Å². The average molecular weight is 557 g/mol. The van der Waals surface area contributed by atoms with Crippen LogP contribution in [-0.4, -0.2) is 60.5 Å². The fourth-order valence-corrected chi connectivity index (χ4v) is 6.84. The average Bonchev–Trinajstić information content (AvgIpc) is 3.42. The molecule has 0 spiro atoms. The van der Waals surface area contributed by atoms with E-state index in [9.17, 15) is 13.2 Å². The normalized spacial score (nSPS) is 17.2. The zero-order chi connectivity index (χ0) is 26.7. The van der Waals surface area contributed by atoms with E-state index in [1.54, 1.807) is 34.8 Å². The van der Waals surface area contributed by atoms with E-state index < -0.39 is 10.0 Å². The maximum Gasteiger partial charge on any atom is 0.316 e. The molecule has 1 saturated heterocycles. The minimum absolute atomic E-state index is 0.0139. The minimum atomic E-state index is -3.40. The zero-order valence-corrected chi connectivity index (χ0v) is 23.1. The summed E-state index contributed by atoms with van der Waals surface area (Å²) in [4.78, 5) is 15.6. The van der Waals surface area contributed by atoms with Crippen molar-refractivity contribution in [3.8, 4) is 11.4 Å². The van der Waals surface area contributed by atoms with Gasteiger partial charge in [0.25, 0.3) is 0 Å². The first-order valence-electron chi connectivity index (χ1n) is 13.1. The predicted molar refractivity (Wildman–Crippen MR) is 150 cm³/mol. The third-order valence-corrected chi connectivity index (χ3v) is 9.37. The van der Waals surface area contributed by atoms with E-state index in [1.807, 2.05) is 36.1 Å². The van der Waals surface area contributed by atoms with Gasteiger partial charge < -0.3 is 9.64 Å². The van der Waals surface area contributed by atoms with Gasteiger partial charge >= 0.3 is 5.56 Å². The van der Waals surface area contributed by atoms with Crippen LogP contribution in [0.25, 0.3) is 5.69 Å². The van der Waals surface area contributed by atoms with Crippen LogP contribution in [0.4, 0.5) is 5.69 Å². The Balaban J connectivity index is 1.33. The van der Waals surface area contributed by atoms with Crippen LogP contribution >= 0.6 is 11.6 Å². The lowest BCUT2D eigenvalue weighted by Gasteiger charge is -2.36. The van der Waals surface area contributed by atoms with Crippen LogP contribution in [0, 0.1) is 6.92 Å². The van der Waals surface area contributed by atoms with E-state index >= 15 is 0 Å². The molecule has 10 heteroatoms. The lowest BCUT2D eigenvalue weighted by atomic mass is 10.1. The number of anilines is 1. The highest BCUT2D eigenvalue weighted by atomic mass is 35.5. The smallest absolute Gasteiger partial charge is 0.316 e. The Morgan fingerprint density at radius 1 is 1.03 bits per heavy atom. The fourth-order valence-electron chi connectivity index (χ4n) is 5.18. The highest BCUT2D eigenvalue weighted by Gasteiger charge is 2.30. The summed E-state index contributed by atoms with van der Waals surface area (Å²) in [5.41, 5.74) is 2.97. The summed E-state index contributed by atoms with van der Waals surface area (Å²) in [5, 5.41) is 4.94. The number of nitrogens with zero attached hydrogens (tertiary/aromatic N) is 4. The molecule has 0 N–H and O–H groups in total. The molecule has 2 heterocycles. The van der Waals surface area contributed by atoms with E-state index in [4.69, 9.17) is 16.3 Å². The van der Waals surface area contributed by atoms with E-state index in [0.29, 0.717) is 49.0 Å². The Bertz CT molecular complexity index is 1450. The third-order valence-electron chi connectivity index (χ3n) is 7.26. The molecule has 0 amide bonds. The van der Waals surface area contributed by atoms with Crippen LogP contribution < -0.4 is 15.2 Å². The lowest BCUT2D eigenvalue weighted by molar-refractivity contribution is 0.205. The Kier molecular flexibility index (Phi) is 8.07. The standard InChI is InChI=1S/C28H33ClN4O4S/c1-21-6-4-7-22(18-21)12-17-38(35,36)32-15-13-31(14-16-32)26-20-30-33(24-9-5-8-23(29)19-24)28(34)27(26)37-25-10-2-3-11-25/h4-9,18-20,25H,2-3,10-17H2,1H3. The van der Waals surface area contributed by atoms with Crippen LogP contribution in [0.1, 0.15) is 36.8 Å². The second-order valence-electron chi connectivity index (χ2n) is 10.0. The summed E-state index contributed by atoms with van der Waals surface area (Å²) in [6.07, 6.45) is 6.08. The first-order valence-corrected chi connectivity index (χ1v) is 15.1. The molecule has 0 bridgehead atoms. The summed E-state index contributed by atoms with van der Waals surface area (Å²) < 4.78 is 35.3. The Hall–Kier alpha value is -2.88. The number of piperazine rings is 1. The molecule has 38 heavy (non-hydrogen) atoms. The number of sulfonamides is 1. The van der Waals surface area contributed by atoms with Gasteiger partial charge in [-0.05, 0) is 62.8 Å². The Labute approximate surface area is 228 Å². The molecule has 2 aliphatic rings. The molecule has 2 fully saturated rings. The molecule has 2 aromatic carbocycles. The number of halogens is 1. The van der Waals surface area contributed by atoms with E-state index in [2.05, 4.69) is 5.10 Å². The van der Waals surface area contributed by atoms with Crippen molar-refractivity contribution in [2.24, 2.45) is 0 Å². The monoisotopic (exact) mass is 556 g/mol. The van der Waals surface area contributed by atoms with Crippen molar-refractivity contribution in [1.29, 1.82) is 0 Å². The number of hydrogen-bond acceptors (Lipinski definition) is 6. The van der Waals surface area contributed by atoms with Gasteiger partial charge in [0.2, 0.25) is 15.8 Å². The van der Waals surface area contributed by atoms with Crippen LogP contribution in [0.5, 0.6) is 5.75 Å². The van der Waals surface area contributed by atoms with Gasteiger partial charge in [-0.3, -0.25) is 4.79 Å². The summed E-state index contributed by atoms with van der Waals surface area (Å²) in [7, 11) is -3.40. The fraction of sp³-hybridized carbons (Fsp3) is 0.429. The number of hydrogen-bond donors (Lipinski definition) is 0. The second kappa shape index (κ2) is 11.5. The van der Waals surface area contributed by atoms with Crippen molar-refractivity contribution in [3.63, 3.8) is 0 Å². The Morgan fingerprint density at radius 2 is 1.76 bits per heavy atom. The van der Waals surface area contributed by atoms with Gasteiger partial charge in [-0.1, -0.05) is 47.5 Å². The van der Waals surface area contributed by atoms with Gasteiger partial charge in [-0.15, -0.1) is 0 Å². The molecule has 1 saturated carbocycles. The van der Waals surface area contributed by atoms with Crippen molar-refractivity contribution in [1.82, 2.24) is 14.1 Å². The van der Waals surface area contributed by atoms with Gasteiger partial charge in [-0.25, -0.2) is 8.42 Å². The summed E-state index contributed by atoms with van der Waals surface area (Å²) >= 11 is 6.16. The number of benzene rings is 2. The second-order valence-corrected chi connectivity index (χ2v) is 12.5. The first-order chi connectivity index (χ1) is 18.3. The molecule has 0 radical (unpaired) electrons. The topological polar surface area (TPSA) is 84.7 Å². The summed E-state index contributed by atoms with van der Waals surface area (Å²) in [6, 6.07) is 14.9. The van der Waals surface area contributed by atoms with Crippen molar-refractivity contribution >= 4 is 27.3 Å². The maximum atomic E-state index is 13.6. The molecule has 1 aromatic heterocycles. The molecule has 8 nitrogen and oxygen atoms in total. The number of rotatable bonds is 8. The molecule has 0 unspecified atom stereocenters. The molecule has 1 aliphatic carbocycles. The minimum Gasteiger partial charge on any atom is -0.483 e. The highest BCUT2D eigenvalue weighted by Crippen LogP contribution is 2.30. The molecule has 5 rings (SSSR count). The highest BCUT2D eigenvalue weighted by molar-refractivity contribution is 7.89. The molecular formula is C28H33ClN4O4S. The van der Waals surface area contributed by atoms with E-state index in [-0.39, 0.29) is 23.2 Å². The Morgan fingerprint density at radius 3 is 2.47 bits per heavy atom. The van der Waals surface area contributed by atoms with Crippen LogP contribution in [0.2, 0.25) is 5.02 Å². The molecule has 3 aromatic rings. The largest absolute Gasteiger partial charge is 0.483 e. The summed E-state index contributed by atoms with van der Waals surface area (Å²) in [6.45, 7) is 3.59. The van der Waals surface area contributed by atoms with Crippen LogP contribution in [0.3, 0.4) is 0 Å². The van der Waals surface area contributed by atoms with Gasteiger partial charge in [0.05, 0.1) is 23.7 Å². The number of aryl methyl sites for hydroxylation is 2. The number of ether oxygens (including phenoxy) is 1. The lowest BCUT2D eigenvalue weighted by Crippen LogP contribution is -2.50. The van der Waals surface area contributed by atoms with Gasteiger partial charge in [-0.2, -0.15) is 14.1 Å².